The van der Waals surface area contributed by atoms with Gasteiger partial charge in [-0.15, -0.1) is 0 Å². The molecule has 0 bridgehead atoms. The molecule has 1 aliphatic rings. The number of nitrogens with zero attached hydrogens (tertiary/aromatic N) is 3. The fourth-order valence-electron chi connectivity index (χ4n) is 2.17. The number of amides is 1. The van der Waals surface area contributed by atoms with Crippen molar-refractivity contribution in [1.82, 2.24) is 10.2 Å². The summed E-state index contributed by atoms with van der Waals surface area (Å²) in [6.45, 7) is 2.27. The number of methoxy groups -OCH3 is 1. The van der Waals surface area contributed by atoms with E-state index in [0.717, 1.165) is 6.54 Å². The molecule has 0 saturated carbocycles. The fraction of sp³-hybridized carbons (Fsp3) is 0.467. The van der Waals surface area contributed by atoms with Gasteiger partial charge < -0.3 is 15.0 Å². The van der Waals surface area contributed by atoms with Crippen LogP contribution in [0.25, 0.3) is 0 Å². The average molecular weight is 308 g/mol. The quantitative estimate of drug-likeness (QED) is 0.766. The summed E-state index contributed by atoms with van der Waals surface area (Å²) in [6, 6.07) is 6.64. The number of hydrogen-bond acceptors (Lipinski definition) is 5. The predicted molar refractivity (Wildman–Crippen MR) is 84.0 cm³/mol. The van der Waals surface area contributed by atoms with Crippen molar-refractivity contribution >= 4 is 17.4 Å². The number of hydrogen-bond donors (Lipinski definition) is 1. The molecule has 0 aliphatic carbocycles. The van der Waals surface area contributed by atoms with E-state index in [1.165, 1.54) is 4.90 Å². The van der Waals surface area contributed by atoms with Gasteiger partial charge in [-0.05, 0) is 12.1 Å². The summed E-state index contributed by atoms with van der Waals surface area (Å²) in [4.78, 5) is 18.1. The molecule has 2 rings (SSSR count). The Balaban J connectivity index is 2.13. The molecular weight excluding hydrogens is 287 g/mol. The molecule has 0 spiro atoms. The molecular formula is C15H21FN4O2. The van der Waals surface area contributed by atoms with Gasteiger partial charge in [-0.25, -0.2) is 5.12 Å². The van der Waals surface area contributed by atoms with E-state index in [-0.39, 0.29) is 18.1 Å². The van der Waals surface area contributed by atoms with E-state index in [2.05, 4.69) is 10.3 Å². The Morgan fingerprint density at radius 2 is 2.23 bits per heavy atom. The third-order valence-corrected chi connectivity index (χ3v) is 3.41. The van der Waals surface area contributed by atoms with Crippen LogP contribution in [0.2, 0.25) is 0 Å². The highest BCUT2D eigenvalue weighted by atomic mass is 19.2. The molecule has 6 nitrogen and oxygen atoms in total. The van der Waals surface area contributed by atoms with Gasteiger partial charge in [0, 0.05) is 27.2 Å². The fourth-order valence-corrected chi connectivity index (χ4v) is 2.17. The third kappa shape index (κ3) is 3.94. The molecule has 0 atom stereocenters. The lowest BCUT2D eigenvalue weighted by Gasteiger charge is -2.21. The molecule has 0 saturated heterocycles. The minimum Gasteiger partial charge on any atom is -0.383 e. The van der Waals surface area contributed by atoms with Gasteiger partial charge >= 0.3 is 0 Å². The SMILES string of the molecule is COCCN(C)C(=O)c1ccccc1N(F)CC1=NCCN1. The van der Waals surface area contributed by atoms with Crippen LogP contribution in [0.15, 0.2) is 29.3 Å². The smallest absolute Gasteiger partial charge is 0.255 e. The van der Waals surface area contributed by atoms with E-state index in [9.17, 15) is 9.28 Å². The highest BCUT2D eigenvalue weighted by Gasteiger charge is 2.20. The minimum atomic E-state index is -0.239. The standard InChI is InChI=1S/C15H21FN4O2/c1-19(9-10-22-2)15(21)12-5-3-4-6-13(12)20(16)11-14-17-7-8-18-14/h3-6H,7-11H2,1-2H3,(H,17,18). The van der Waals surface area contributed by atoms with Crippen molar-refractivity contribution < 1.29 is 14.0 Å². The summed E-state index contributed by atoms with van der Waals surface area (Å²) in [7, 11) is 3.24. The molecule has 0 fully saturated rings. The number of likely N-dealkylation sites (N-methyl/N-ethyl adjacent to an activating group) is 1. The van der Waals surface area contributed by atoms with Crippen LogP contribution in [0.1, 0.15) is 10.4 Å². The lowest BCUT2D eigenvalue weighted by Crippen LogP contribution is -2.33. The number of ether oxygens (including phenoxy) is 1. The van der Waals surface area contributed by atoms with Crippen molar-refractivity contribution in [2.24, 2.45) is 4.99 Å². The van der Waals surface area contributed by atoms with E-state index in [4.69, 9.17) is 4.74 Å². The highest BCUT2D eigenvalue weighted by Crippen LogP contribution is 2.22. The molecule has 7 heteroatoms. The van der Waals surface area contributed by atoms with E-state index < -0.39 is 0 Å². The van der Waals surface area contributed by atoms with Gasteiger partial charge in [0.15, 0.2) is 0 Å². The summed E-state index contributed by atoms with van der Waals surface area (Å²) in [5.74, 6) is 0.356. The maximum atomic E-state index is 14.4. The molecule has 1 N–H and O–H groups in total. The summed E-state index contributed by atoms with van der Waals surface area (Å²) in [6.07, 6.45) is 0. The van der Waals surface area contributed by atoms with Crippen LogP contribution in [-0.4, -0.2) is 63.6 Å². The molecule has 0 unspecified atom stereocenters. The summed E-state index contributed by atoms with van der Waals surface area (Å²) >= 11 is 0. The minimum absolute atomic E-state index is 0.00603. The Kier molecular flexibility index (Phi) is 5.71. The molecule has 1 amide bonds. The first-order valence-corrected chi connectivity index (χ1v) is 7.17. The van der Waals surface area contributed by atoms with Crippen LogP contribution in [0.3, 0.4) is 0 Å². The monoisotopic (exact) mass is 308 g/mol. The van der Waals surface area contributed by atoms with Crippen molar-refractivity contribution in [3.8, 4) is 0 Å². The van der Waals surface area contributed by atoms with E-state index in [1.54, 1.807) is 38.4 Å². The van der Waals surface area contributed by atoms with Gasteiger partial charge in [-0.2, -0.15) is 0 Å². The molecule has 0 aromatic heterocycles. The van der Waals surface area contributed by atoms with Crippen molar-refractivity contribution in [2.75, 3.05) is 52.1 Å². The van der Waals surface area contributed by atoms with E-state index >= 15 is 0 Å². The topological polar surface area (TPSA) is 57.2 Å². The number of carbonyl (C=O) groups excluding carboxylic acids is 1. The highest BCUT2D eigenvalue weighted by molar-refractivity contribution is 6.00. The van der Waals surface area contributed by atoms with E-state index in [0.29, 0.717) is 36.2 Å². The number of anilines is 1. The zero-order chi connectivity index (χ0) is 15.9. The second-order valence-corrected chi connectivity index (χ2v) is 5.01. The second-order valence-electron chi connectivity index (χ2n) is 5.01. The van der Waals surface area contributed by atoms with Crippen molar-refractivity contribution in [3.05, 3.63) is 29.8 Å². The number of rotatable bonds is 7. The van der Waals surface area contributed by atoms with Gasteiger partial charge in [0.05, 0.1) is 24.4 Å². The normalized spacial score (nSPS) is 13.5. The maximum Gasteiger partial charge on any atom is 0.255 e. The van der Waals surface area contributed by atoms with Crippen molar-refractivity contribution in [2.45, 2.75) is 0 Å². The first-order valence-electron chi connectivity index (χ1n) is 7.17. The van der Waals surface area contributed by atoms with E-state index in [1.807, 2.05) is 0 Å². The van der Waals surface area contributed by atoms with Gasteiger partial charge in [0.2, 0.25) is 0 Å². The molecule has 1 aromatic carbocycles. The van der Waals surface area contributed by atoms with Crippen LogP contribution in [0.5, 0.6) is 0 Å². The summed E-state index contributed by atoms with van der Waals surface area (Å²) in [5, 5.41) is 3.56. The molecule has 22 heavy (non-hydrogen) atoms. The largest absolute Gasteiger partial charge is 0.383 e. The Hall–Kier alpha value is -2.15. The second kappa shape index (κ2) is 7.74. The zero-order valence-corrected chi connectivity index (χ0v) is 12.9. The zero-order valence-electron chi connectivity index (χ0n) is 12.9. The molecule has 1 aromatic rings. The number of carbonyl (C=O) groups is 1. The van der Waals surface area contributed by atoms with Crippen LogP contribution in [0.4, 0.5) is 10.2 Å². The van der Waals surface area contributed by atoms with Gasteiger partial charge in [-0.3, -0.25) is 9.79 Å². The molecule has 1 heterocycles. The van der Waals surface area contributed by atoms with Crippen molar-refractivity contribution in [3.63, 3.8) is 0 Å². The molecule has 0 radical (unpaired) electrons. The number of para-hydroxylation sites is 1. The Morgan fingerprint density at radius 3 is 2.91 bits per heavy atom. The third-order valence-electron chi connectivity index (χ3n) is 3.41. The number of amidine groups is 1. The number of aliphatic imine (C=N–C) groups is 1. The predicted octanol–water partition coefficient (Wildman–Crippen LogP) is 1.10. The lowest BCUT2D eigenvalue weighted by molar-refractivity contribution is 0.0744. The summed E-state index contributed by atoms with van der Waals surface area (Å²) < 4.78 is 19.4. The van der Waals surface area contributed by atoms with Crippen LogP contribution >= 0.6 is 0 Å². The molecule has 120 valence electrons. The summed E-state index contributed by atoms with van der Waals surface area (Å²) in [5.41, 5.74) is 0.565. The first-order chi connectivity index (χ1) is 10.6. The molecule has 1 aliphatic heterocycles. The van der Waals surface area contributed by atoms with Crippen LogP contribution in [0, 0.1) is 0 Å². The number of benzene rings is 1. The Labute approximate surface area is 129 Å². The maximum absolute atomic E-state index is 14.4. The van der Waals surface area contributed by atoms with Crippen molar-refractivity contribution in [1.29, 1.82) is 0 Å². The van der Waals surface area contributed by atoms with Gasteiger partial charge in [0.25, 0.3) is 5.91 Å². The number of halogens is 1. The van der Waals surface area contributed by atoms with Crippen LogP contribution in [-0.2, 0) is 4.74 Å². The Morgan fingerprint density at radius 1 is 1.45 bits per heavy atom. The van der Waals surface area contributed by atoms with Crippen LogP contribution < -0.4 is 10.4 Å². The Bertz CT molecular complexity index is 550. The van der Waals surface area contributed by atoms with Gasteiger partial charge in [0.1, 0.15) is 12.4 Å². The average Bonchev–Trinajstić information content (AvgIpc) is 3.04. The number of nitrogens with one attached hydrogen (secondary N) is 1. The lowest BCUT2D eigenvalue weighted by atomic mass is 10.1. The first kappa shape index (κ1) is 16.2. The van der Waals surface area contributed by atoms with Gasteiger partial charge in [-0.1, -0.05) is 16.6 Å².